The molecule has 0 fully saturated rings. The highest BCUT2D eigenvalue weighted by Gasteiger charge is 2.25. The average molecular weight is 272 g/mol. The summed E-state index contributed by atoms with van der Waals surface area (Å²) >= 11 is 0. The highest BCUT2D eigenvalue weighted by atomic mass is 19.1. The second-order valence-corrected chi connectivity index (χ2v) is 4.63. The van der Waals surface area contributed by atoms with Crippen LogP contribution in [0.5, 0.6) is 5.75 Å². The molecule has 2 N–H and O–H groups in total. The Labute approximate surface area is 115 Å². The Morgan fingerprint density at radius 3 is 2.90 bits per heavy atom. The van der Waals surface area contributed by atoms with E-state index in [0.29, 0.717) is 22.7 Å². The molecule has 0 aliphatic carbocycles. The number of rotatable bonds is 2. The van der Waals surface area contributed by atoms with E-state index in [1.165, 1.54) is 12.1 Å². The van der Waals surface area contributed by atoms with Gasteiger partial charge in [0.25, 0.3) is 5.91 Å². The normalized spacial score (nSPS) is 13.8. The Balaban J connectivity index is 1.97. The van der Waals surface area contributed by atoms with Crippen molar-refractivity contribution in [3.63, 3.8) is 0 Å². The van der Waals surface area contributed by atoms with Gasteiger partial charge in [-0.15, -0.1) is 0 Å². The molecule has 20 heavy (non-hydrogen) atoms. The van der Waals surface area contributed by atoms with Crippen LogP contribution < -0.4 is 15.4 Å². The van der Waals surface area contributed by atoms with Crippen molar-refractivity contribution in [3.8, 4) is 5.75 Å². The molecule has 3 rings (SSSR count). The second kappa shape index (κ2) is 4.85. The summed E-state index contributed by atoms with van der Waals surface area (Å²) in [5, 5.41) is 0. The lowest BCUT2D eigenvalue weighted by molar-refractivity contribution is -0.121. The largest absolute Gasteiger partial charge is 0.482 e. The minimum atomic E-state index is -0.323. The van der Waals surface area contributed by atoms with Crippen LogP contribution in [-0.2, 0) is 11.3 Å². The van der Waals surface area contributed by atoms with Crippen LogP contribution in [0.1, 0.15) is 5.56 Å². The number of halogens is 1. The van der Waals surface area contributed by atoms with Gasteiger partial charge in [0.1, 0.15) is 11.6 Å². The first-order valence-electron chi connectivity index (χ1n) is 6.20. The summed E-state index contributed by atoms with van der Waals surface area (Å²) < 4.78 is 18.6. The molecule has 0 spiro atoms. The van der Waals surface area contributed by atoms with Crippen molar-refractivity contribution < 1.29 is 13.9 Å². The van der Waals surface area contributed by atoms with Gasteiger partial charge in [0.15, 0.2) is 6.61 Å². The van der Waals surface area contributed by atoms with Gasteiger partial charge >= 0.3 is 0 Å². The van der Waals surface area contributed by atoms with Crippen LogP contribution in [-0.4, -0.2) is 12.5 Å². The molecular formula is C15H13FN2O2. The van der Waals surface area contributed by atoms with E-state index in [1.807, 2.05) is 0 Å². The van der Waals surface area contributed by atoms with Gasteiger partial charge in [-0.1, -0.05) is 12.1 Å². The van der Waals surface area contributed by atoms with Gasteiger partial charge in [0, 0.05) is 5.69 Å². The zero-order valence-electron chi connectivity index (χ0n) is 10.7. The molecule has 0 radical (unpaired) electrons. The summed E-state index contributed by atoms with van der Waals surface area (Å²) in [7, 11) is 0. The molecular weight excluding hydrogens is 259 g/mol. The summed E-state index contributed by atoms with van der Waals surface area (Å²) in [4.78, 5) is 13.6. The maximum Gasteiger partial charge on any atom is 0.265 e. The van der Waals surface area contributed by atoms with Crippen LogP contribution in [0.3, 0.4) is 0 Å². The van der Waals surface area contributed by atoms with Gasteiger partial charge in [-0.05, 0) is 35.9 Å². The lowest BCUT2D eigenvalue weighted by atomic mass is 10.1. The van der Waals surface area contributed by atoms with Crippen LogP contribution in [0.4, 0.5) is 15.8 Å². The van der Waals surface area contributed by atoms with Crippen molar-refractivity contribution >= 4 is 17.3 Å². The summed E-state index contributed by atoms with van der Waals surface area (Å²) in [5.41, 5.74) is 7.63. The lowest BCUT2D eigenvalue weighted by Gasteiger charge is -2.29. The summed E-state index contributed by atoms with van der Waals surface area (Å²) in [6, 6.07) is 11.3. The quantitative estimate of drug-likeness (QED) is 0.854. The zero-order valence-corrected chi connectivity index (χ0v) is 10.7. The molecule has 0 saturated heterocycles. The molecule has 2 aromatic rings. The van der Waals surface area contributed by atoms with Gasteiger partial charge in [-0.3, -0.25) is 4.79 Å². The van der Waals surface area contributed by atoms with Crippen LogP contribution in [0.2, 0.25) is 0 Å². The first kappa shape index (κ1) is 12.5. The van der Waals surface area contributed by atoms with Gasteiger partial charge in [0.05, 0.1) is 12.2 Å². The Morgan fingerprint density at radius 1 is 1.25 bits per heavy atom. The number of fused-ring (bicyclic) bond motifs is 1. The fraction of sp³-hybridized carbons (Fsp3) is 0.133. The number of ether oxygens (including phenoxy) is 1. The third-order valence-corrected chi connectivity index (χ3v) is 3.16. The molecule has 1 amide bonds. The third-order valence-electron chi connectivity index (χ3n) is 3.16. The number of amides is 1. The average Bonchev–Trinajstić information content (AvgIpc) is 2.42. The monoisotopic (exact) mass is 272 g/mol. The van der Waals surface area contributed by atoms with Crippen molar-refractivity contribution in [2.45, 2.75) is 6.54 Å². The molecule has 0 unspecified atom stereocenters. The number of nitrogen functional groups attached to an aromatic ring is 1. The molecule has 1 aliphatic heterocycles. The minimum absolute atomic E-state index is 0.0216. The van der Waals surface area contributed by atoms with E-state index in [-0.39, 0.29) is 24.9 Å². The summed E-state index contributed by atoms with van der Waals surface area (Å²) in [6.07, 6.45) is 0. The molecule has 0 aromatic heterocycles. The Morgan fingerprint density at radius 2 is 2.10 bits per heavy atom. The zero-order chi connectivity index (χ0) is 14.1. The molecule has 1 heterocycles. The first-order valence-corrected chi connectivity index (χ1v) is 6.20. The topological polar surface area (TPSA) is 55.6 Å². The molecule has 0 saturated carbocycles. The molecule has 0 atom stereocenters. The second-order valence-electron chi connectivity index (χ2n) is 4.63. The highest BCUT2D eigenvalue weighted by Crippen LogP contribution is 2.34. The standard InChI is InChI=1S/C15H13FN2O2/c16-11-3-1-2-10(6-11)8-18-13-7-12(17)4-5-14(13)20-9-15(18)19/h1-7H,8-9,17H2. The third kappa shape index (κ3) is 2.30. The van der Waals surface area contributed by atoms with Crippen LogP contribution in [0.25, 0.3) is 0 Å². The molecule has 102 valence electrons. The maximum absolute atomic E-state index is 13.2. The van der Waals surface area contributed by atoms with E-state index < -0.39 is 0 Å². The predicted molar refractivity (Wildman–Crippen MR) is 73.9 cm³/mol. The van der Waals surface area contributed by atoms with Crippen molar-refractivity contribution in [3.05, 3.63) is 53.8 Å². The van der Waals surface area contributed by atoms with Crippen molar-refractivity contribution in [1.82, 2.24) is 0 Å². The van der Waals surface area contributed by atoms with E-state index in [0.717, 1.165) is 0 Å². The number of carbonyl (C=O) groups excluding carboxylic acids is 1. The minimum Gasteiger partial charge on any atom is -0.482 e. The van der Waals surface area contributed by atoms with E-state index in [4.69, 9.17) is 10.5 Å². The van der Waals surface area contributed by atoms with E-state index in [2.05, 4.69) is 0 Å². The number of carbonyl (C=O) groups is 1. The Bertz CT molecular complexity index is 673. The van der Waals surface area contributed by atoms with E-state index >= 15 is 0 Å². The number of hydrogen-bond donors (Lipinski definition) is 1. The van der Waals surface area contributed by atoms with Crippen molar-refractivity contribution in [1.29, 1.82) is 0 Å². The van der Waals surface area contributed by atoms with Crippen molar-refractivity contribution in [2.24, 2.45) is 0 Å². The fourth-order valence-electron chi connectivity index (χ4n) is 2.21. The first-order chi connectivity index (χ1) is 9.63. The molecule has 2 aromatic carbocycles. The fourth-order valence-corrected chi connectivity index (χ4v) is 2.21. The predicted octanol–water partition coefficient (Wildman–Crippen LogP) is 2.33. The molecule has 0 bridgehead atoms. The molecule has 1 aliphatic rings. The van der Waals surface area contributed by atoms with Gasteiger partial charge in [-0.25, -0.2) is 4.39 Å². The Kier molecular flexibility index (Phi) is 3.02. The molecule has 5 heteroatoms. The van der Waals surface area contributed by atoms with Crippen LogP contribution in [0.15, 0.2) is 42.5 Å². The van der Waals surface area contributed by atoms with Gasteiger partial charge in [0.2, 0.25) is 0 Å². The number of nitrogens with zero attached hydrogens (tertiary/aromatic N) is 1. The van der Waals surface area contributed by atoms with Crippen LogP contribution in [0, 0.1) is 5.82 Å². The van der Waals surface area contributed by atoms with Gasteiger partial charge < -0.3 is 15.4 Å². The maximum atomic E-state index is 13.2. The number of anilines is 2. The van der Waals surface area contributed by atoms with E-state index in [9.17, 15) is 9.18 Å². The summed E-state index contributed by atoms with van der Waals surface area (Å²) in [6.45, 7) is 0.267. The SMILES string of the molecule is Nc1ccc2c(c1)N(Cc1cccc(F)c1)C(=O)CO2. The molecule has 4 nitrogen and oxygen atoms in total. The highest BCUT2D eigenvalue weighted by molar-refractivity contribution is 5.98. The Hall–Kier alpha value is -2.56. The number of benzene rings is 2. The summed E-state index contributed by atoms with van der Waals surface area (Å²) in [5.74, 6) is 0.110. The number of hydrogen-bond acceptors (Lipinski definition) is 3. The van der Waals surface area contributed by atoms with E-state index in [1.54, 1.807) is 35.2 Å². The number of nitrogens with two attached hydrogens (primary N) is 1. The van der Waals surface area contributed by atoms with Crippen LogP contribution >= 0.6 is 0 Å². The smallest absolute Gasteiger partial charge is 0.265 e. The lowest BCUT2D eigenvalue weighted by Crippen LogP contribution is -2.38. The van der Waals surface area contributed by atoms with Crippen molar-refractivity contribution in [2.75, 3.05) is 17.2 Å². The van der Waals surface area contributed by atoms with Gasteiger partial charge in [-0.2, -0.15) is 0 Å².